The highest BCUT2D eigenvalue weighted by Crippen LogP contribution is 2.28. The number of hydrogen-bond acceptors (Lipinski definition) is 4. The number of halogens is 1. The number of ether oxygens (including phenoxy) is 2. The lowest BCUT2D eigenvalue weighted by atomic mass is 10.2. The molecule has 0 radical (unpaired) electrons. The quantitative estimate of drug-likeness (QED) is 0.801. The zero-order chi connectivity index (χ0) is 16.8. The van der Waals surface area contributed by atoms with Gasteiger partial charge in [-0.15, -0.1) is 0 Å². The summed E-state index contributed by atoms with van der Waals surface area (Å²) in [6, 6.07) is 11.1. The lowest BCUT2D eigenvalue weighted by molar-refractivity contribution is -0.114. The van der Waals surface area contributed by atoms with Crippen molar-refractivity contribution in [1.29, 1.82) is 0 Å². The summed E-state index contributed by atoms with van der Waals surface area (Å²) in [4.78, 5) is 12.2. The normalized spacial score (nSPS) is 10.1. The van der Waals surface area contributed by atoms with E-state index in [2.05, 4.69) is 26.6 Å². The highest BCUT2D eigenvalue weighted by molar-refractivity contribution is 9.10. The molecule has 1 amide bonds. The maximum absolute atomic E-state index is 12.2. The Morgan fingerprint density at radius 2 is 1.87 bits per heavy atom. The molecule has 2 rings (SSSR count). The molecule has 0 aliphatic heterocycles. The van der Waals surface area contributed by atoms with Crippen LogP contribution in [0.5, 0.6) is 11.5 Å². The molecule has 2 N–H and O–H groups in total. The average Bonchev–Trinajstić information content (AvgIpc) is 2.54. The van der Waals surface area contributed by atoms with Crippen molar-refractivity contribution in [1.82, 2.24) is 0 Å². The fourth-order valence-corrected chi connectivity index (χ4v) is 2.58. The Morgan fingerprint density at radius 3 is 2.52 bits per heavy atom. The fraction of sp³-hybridized carbons (Fsp3) is 0.235. The Labute approximate surface area is 144 Å². The molecule has 0 fully saturated rings. The minimum atomic E-state index is -0.168. The van der Waals surface area contributed by atoms with E-state index in [1.165, 1.54) is 0 Å². The number of anilines is 2. The summed E-state index contributed by atoms with van der Waals surface area (Å²) in [6.07, 6.45) is 0. The largest absolute Gasteiger partial charge is 0.497 e. The summed E-state index contributed by atoms with van der Waals surface area (Å²) in [7, 11) is 3.13. The van der Waals surface area contributed by atoms with Crippen molar-refractivity contribution in [2.45, 2.75) is 6.92 Å². The predicted octanol–water partition coefficient (Wildman–Crippen LogP) is 3.83. The number of benzene rings is 2. The van der Waals surface area contributed by atoms with E-state index in [0.29, 0.717) is 17.2 Å². The van der Waals surface area contributed by atoms with Gasteiger partial charge in [0, 0.05) is 16.2 Å². The average molecular weight is 379 g/mol. The molecule has 0 saturated carbocycles. The van der Waals surface area contributed by atoms with Gasteiger partial charge in [0.05, 0.1) is 26.5 Å². The van der Waals surface area contributed by atoms with E-state index in [4.69, 9.17) is 9.47 Å². The van der Waals surface area contributed by atoms with Crippen molar-refractivity contribution < 1.29 is 14.3 Å². The molecule has 6 heteroatoms. The first-order chi connectivity index (χ1) is 11.0. The lowest BCUT2D eigenvalue weighted by Gasteiger charge is -2.13. The number of hydrogen-bond donors (Lipinski definition) is 2. The van der Waals surface area contributed by atoms with E-state index in [1.54, 1.807) is 32.4 Å². The third-order valence-electron chi connectivity index (χ3n) is 3.31. The number of aryl methyl sites for hydroxylation is 1. The first-order valence-corrected chi connectivity index (χ1v) is 7.84. The van der Waals surface area contributed by atoms with Crippen molar-refractivity contribution >= 4 is 33.2 Å². The van der Waals surface area contributed by atoms with Crippen molar-refractivity contribution in [3.63, 3.8) is 0 Å². The molecule has 0 saturated heterocycles. The van der Waals surface area contributed by atoms with E-state index < -0.39 is 0 Å². The van der Waals surface area contributed by atoms with Gasteiger partial charge in [-0.2, -0.15) is 0 Å². The second-order valence-electron chi connectivity index (χ2n) is 4.93. The van der Waals surface area contributed by atoms with Crippen LogP contribution in [0.2, 0.25) is 0 Å². The van der Waals surface area contributed by atoms with Gasteiger partial charge >= 0.3 is 0 Å². The first-order valence-electron chi connectivity index (χ1n) is 7.05. The molecule has 0 unspecified atom stereocenters. The van der Waals surface area contributed by atoms with Crippen LogP contribution in [0, 0.1) is 6.92 Å². The molecule has 2 aromatic carbocycles. The van der Waals surface area contributed by atoms with Crippen molar-refractivity contribution in [2.75, 3.05) is 31.4 Å². The number of amides is 1. The Bertz CT molecular complexity index is 704. The highest BCUT2D eigenvalue weighted by Gasteiger charge is 2.09. The minimum absolute atomic E-state index is 0.156. The highest BCUT2D eigenvalue weighted by atomic mass is 79.9. The van der Waals surface area contributed by atoms with Gasteiger partial charge < -0.3 is 20.1 Å². The summed E-state index contributed by atoms with van der Waals surface area (Å²) >= 11 is 3.42. The summed E-state index contributed by atoms with van der Waals surface area (Å²) in [5.74, 6) is 1.07. The van der Waals surface area contributed by atoms with E-state index in [-0.39, 0.29) is 12.5 Å². The van der Waals surface area contributed by atoms with Crippen LogP contribution in [0.15, 0.2) is 40.9 Å². The molecule has 0 aliphatic rings. The zero-order valence-corrected chi connectivity index (χ0v) is 14.9. The van der Waals surface area contributed by atoms with Crippen LogP contribution < -0.4 is 20.1 Å². The molecule has 0 heterocycles. The topological polar surface area (TPSA) is 59.6 Å². The molecular formula is C17H19BrN2O3. The third-order valence-corrected chi connectivity index (χ3v) is 3.80. The fourth-order valence-electron chi connectivity index (χ4n) is 2.11. The summed E-state index contributed by atoms with van der Waals surface area (Å²) < 4.78 is 11.4. The number of nitrogens with one attached hydrogen (secondary N) is 2. The molecule has 0 spiro atoms. The second kappa shape index (κ2) is 7.87. The Kier molecular flexibility index (Phi) is 5.87. The van der Waals surface area contributed by atoms with Crippen LogP contribution in [-0.4, -0.2) is 26.7 Å². The van der Waals surface area contributed by atoms with Crippen LogP contribution in [0.1, 0.15) is 5.56 Å². The standard InChI is InChI=1S/C17H19BrN2O3/c1-11-8-12(18)4-6-14(11)19-10-17(21)20-15-9-13(22-2)5-7-16(15)23-3/h4-9,19H,10H2,1-3H3,(H,20,21). The van der Waals surface area contributed by atoms with Gasteiger partial charge in [-0.05, 0) is 42.8 Å². The molecule has 0 bridgehead atoms. The predicted molar refractivity (Wildman–Crippen MR) is 95.5 cm³/mol. The first kappa shape index (κ1) is 17.1. The van der Waals surface area contributed by atoms with Gasteiger partial charge in [-0.1, -0.05) is 15.9 Å². The lowest BCUT2D eigenvalue weighted by Crippen LogP contribution is -2.22. The number of rotatable bonds is 6. The minimum Gasteiger partial charge on any atom is -0.497 e. The van der Waals surface area contributed by atoms with Crippen LogP contribution in [-0.2, 0) is 4.79 Å². The second-order valence-corrected chi connectivity index (χ2v) is 5.84. The molecule has 0 aromatic heterocycles. The SMILES string of the molecule is COc1ccc(OC)c(NC(=O)CNc2ccc(Br)cc2C)c1. The van der Waals surface area contributed by atoms with Gasteiger partial charge in [0.25, 0.3) is 0 Å². The summed E-state index contributed by atoms with van der Waals surface area (Å²) in [5, 5.41) is 5.94. The Balaban J connectivity index is 2.02. The molecule has 0 atom stereocenters. The number of carbonyl (C=O) groups excluding carboxylic acids is 1. The molecular weight excluding hydrogens is 360 g/mol. The van der Waals surface area contributed by atoms with Crippen LogP contribution in [0.3, 0.4) is 0 Å². The Hall–Kier alpha value is -2.21. The Morgan fingerprint density at radius 1 is 1.09 bits per heavy atom. The van der Waals surface area contributed by atoms with Crippen LogP contribution >= 0.6 is 15.9 Å². The van der Waals surface area contributed by atoms with Crippen molar-refractivity contribution in [3.05, 3.63) is 46.4 Å². The van der Waals surface area contributed by atoms with Gasteiger partial charge in [0.2, 0.25) is 5.91 Å². The monoisotopic (exact) mass is 378 g/mol. The smallest absolute Gasteiger partial charge is 0.243 e. The molecule has 5 nitrogen and oxygen atoms in total. The van der Waals surface area contributed by atoms with Gasteiger partial charge in [0.1, 0.15) is 11.5 Å². The van der Waals surface area contributed by atoms with E-state index in [1.807, 2.05) is 25.1 Å². The van der Waals surface area contributed by atoms with Crippen LogP contribution in [0.4, 0.5) is 11.4 Å². The number of carbonyl (C=O) groups is 1. The maximum Gasteiger partial charge on any atom is 0.243 e. The molecule has 0 aliphatic carbocycles. The van der Waals surface area contributed by atoms with Gasteiger partial charge in [-0.3, -0.25) is 4.79 Å². The van der Waals surface area contributed by atoms with Crippen molar-refractivity contribution in [2.24, 2.45) is 0 Å². The summed E-state index contributed by atoms with van der Waals surface area (Å²) in [6.45, 7) is 2.14. The van der Waals surface area contributed by atoms with E-state index >= 15 is 0 Å². The number of methoxy groups -OCH3 is 2. The van der Waals surface area contributed by atoms with Gasteiger partial charge in [0.15, 0.2) is 0 Å². The maximum atomic E-state index is 12.2. The van der Waals surface area contributed by atoms with Gasteiger partial charge in [-0.25, -0.2) is 0 Å². The van der Waals surface area contributed by atoms with Crippen LogP contribution in [0.25, 0.3) is 0 Å². The summed E-state index contributed by atoms with van der Waals surface area (Å²) in [5.41, 5.74) is 2.55. The van der Waals surface area contributed by atoms with Crippen molar-refractivity contribution in [3.8, 4) is 11.5 Å². The molecule has 122 valence electrons. The third kappa shape index (κ3) is 4.63. The van der Waals surface area contributed by atoms with E-state index in [0.717, 1.165) is 15.7 Å². The zero-order valence-electron chi connectivity index (χ0n) is 13.3. The molecule has 23 heavy (non-hydrogen) atoms. The molecule has 2 aromatic rings. The van der Waals surface area contributed by atoms with E-state index in [9.17, 15) is 4.79 Å².